The van der Waals surface area contributed by atoms with Crippen molar-refractivity contribution in [2.75, 3.05) is 13.2 Å². The lowest BCUT2D eigenvalue weighted by atomic mass is 9.98. The Balaban J connectivity index is 1.98. The van der Waals surface area contributed by atoms with E-state index in [1.807, 2.05) is 18.2 Å². The predicted molar refractivity (Wildman–Crippen MR) is 85.4 cm³/mol. The smallest absolute Gasteiger partial charge is 0.335 e. The van der Waals surface area contributed by atoms with Gasteiger partial charge in [-0.15, -0.1) is 0 Å². The molecule has 2 N–H and O–H groups in total. The first-order valence-corrected chi connectivity index (χ1v) is 7.39. The molecule has 1 amide bonds. The maximum atomic E-state index is 12.2. The highest BCUT2D eigenvalue weighted by Gasteiger charge is 2.23. The number of nitrogens with zero attached hydrogens (tertiary/aromatic N) is 2. The lowest BCUT2D eigenvalue weighted by molar-refractivity contribution is 0.0697. The standard InChI is InChI=1S/C17H13N3O4/c21-16-14-9-11(17(22)23)8-13(15(14)24-6-4-18-16)10-2-5-20-12(7-10)1-3-19-20/h1-3,5,7-9H,4,6H2,(H,18,21)(H,22,23). The van der Waals surface area contributed by atoms with E-state index in [4.69, 9.17) is 4.74 Å². The molecule has 3 heterocycles. The Morgan fingerprint density at radius 3 is 2.92 bits per heavy atom. The minimum atomic E-state index is -1.10. The summed E-state index contributed by atoms with van der Waals surface area (Å²) in [6, 6.07) is 8.41. The highest BCUT2D eigenvalue weighted by Crippen LogP contribution is 2.36. The third-order valence-electron chi connectivity index (χ3n) is 3.93. The first-order chi connectivity index (χ1) is 11.6. The number of carbonyl (C=O) groups is 2. The first-order valence-electron chi connectivity index (χ1n) is 7.39. The largest absolute Gasteiger partial charge is 0.490 e. The van der Waals surface area contributed by atoms with E-state index >= 15 is 0 Å². The molecule has 0 spiro atoms. The Bertz CT molecular complexity index is 977. The van der Waals surface area contributed by atoms with Crippen LogP contribution in [-0.4, -0.2) is 39.7 Å². The summed E-state index contributed by atoms with van der Waals surface area (Å²) < 4.78 is 7.44. The van der Waals surface area contributed by atoms with Gasteiger partial charge in [-0.1, -0.05) is 0 Å². The number of aromatic nitrogens is 2. The fourth-order valence-corrected chi connectivity index (χ4v) is 2.79. The van der Waals surface area contributed by atoms with Crippen LogP contribution in [0.5, 0.6) is 5.75 Å². The maximum absolute atomic E-state index is 12.2. The Hall–Kier alpha value is -3.35. The minimum absolute atomic E-state index is 0.0396. The fraction of sp³-hybridized carbons (Fsp3) is 0.118. The Morgan fingerprint density at radius 2 is 2.08 bits per heavy atom. The van der Waals surface area contributed by atoms with Gasteiger partial charge in [0.05, 0.1) is 23.2 Å². The van der Waals surface area contributed by atoms with Crippen LogP contribution in [0.4, 0.5) is 0 Å². The Kier molecular flexibility index (Phi) is 3.19. The molecule has 7 heteroatoms. The van der Waals surface area contributed by atoms with E-state index in [0.717, 1.165) is 11.1 Å². The van der Waals surface area contributed by atoms with Gasteiger partial charge in [0.15, 0.2) is 0 Å². The molecule has 0 fully saturated rings. The van der Waals surface area contributed by atoms with E-state index in [2.05, 4.69) is 10.4 Å². The van der Waals surface area contributed by atoms with Crippen LogP contribution in [0.3, 0.4) is 0 Å². The number of aromatic carboxylic acids is 1. The van der Waals surface area contributed by atoms with Gasteiger partial charge < -0.3 is 15.2 Å². The number of amides is 1. The highest BCUT2D eigenvalue weighted by molar-refractivity contribution is 6.03. The summed E-state index contributed by atoms with van der Waals surface area (Å²) in [5.41, 5.74) is 2.47. The van der Waals surface area contributed by atoms with Gasteiger partial charge in [-0.25, -0.2) is 9.31 Å². The molecule has 1 aliphatic rings. The van der Waals surface area contributed by atoms with Gasteiger partial charge in [0.1, 0.15) is 12.4 Å². The second-order valence-electron chi connectivity index (χ2n) is 5.43. The summed E-state index contributed by atoms with van der Waals surface area (Å²) >= 11 is 0. The number of carboxylic acid groups (broad SMARTS) is 1. The van der Waals surface area contributed by atoms with Crippen LogP contribution in [0.15, 0.2) is 42.7 Å². The summed E-state index contributed by atoms with van der Waals surface area (Å²) in [6.07, 6.45) is 3.46. The van der Waals surface area contributed by atoms with Crippen molar-refractivity contribution in [3.63, 3.8) is 0 Å². The quantitative estimate of drug-likeness (QED) is 0.750. The number of carbonyl (C=O) groups excluding carboxylic acids is 1. The third kappa shape index (κ3) is 2.26. The predicted octanol–water partition coefficient (Wildman–Crippen LogP) is 1.82. The van der Waals surface area contributed by atoms with E-state index in [9.17, 15) is 14.7 Å². The number of pyridine rings is 1. The number of rotatable bonds is 2. The van der Waals surface area contributed by atoms with Gasteiger partial charge in [-0.2, -0.15) is 5.10 Å². The number of ether oxygens (including phenoxy) is 1. The van der Waals surface area contributed by atoms with E-state index < -0.39 is 5.97 Å². The van der Waals surface area contributed by atoms with Crippen molar-refractivity contribution in [3.05, 3.63) is 53.9 Å². The van der Waals surface area contributed by atoms with E-state index in [0.29, 0.717) is 24.5 Å². The lowest BCUT2D eigenvalue weighted by Crippen LogP contribution is -2.24. The van der Waals surface area contributed by atoms with Gasteiger partial charge in [0, 0.05) is 18.0 Å². The number of nitrogens with one attached hydrogen (secondary N) is 1. The van der Waals surface area contributed by atoms with Gasteiger partial charge in [-0.3, -0.25) is 4.79 Å². The average Bonchev–Trinajstić information content (AvgIpc) is 2.97. The number of fused-ring (bicyclic) bond motifs is 2. The molecular weight excluding hydrogens is 310 g/mol. The molecule has 24 heavy (non-hydrogen) atoms. The number of carboxylic acids is 1. The summed E-state index contributed by atoms with van der Waals surface area (Å²) in [6.45, 7) is 0.699. The number of benzene rings is 1. The van der Waals surface area contributed by atoms with Crippen LogP contribution in [-0.2, 0) is 0 Å². The van der Waals surface area contributed by atoms with Crippen LogP contribution < -0.4 is 10.1 Å². The molecule has 1 aliphatic heterocycles. The van der Waals surface area contributed by atoms with Crippen molar-refractivity contribution in [3.8, 4) is 16.9 Å². The maximum Gasteiger partial charge on any atom is 0.335 e. The number of hydrogen-bond acceptors (Lipinski definition) is 4. The van der Waals surface area contributed by atoms with Crippen molar-refractivity contribution >= 4 is 17.4 Å². The topological polar surface area (TPSA) is 92.9 Å². The van der Waals surface area contributed by atoms with Crippen LogP contribution in [0.1, 0.15) is 20.7 Å². The fourth-order valence-electron chi connectivity index (χ4n) is 2.79. The summed E-state index contributed by atoms with van der Waals surface area (Å²) in [7, 11) is 0. The summed E-state index contributed by atoms with van der Waals surface area (Å²) in [5.74, 6) is -1.03. The monoisotopic (exact) mass is 323 g/mol. The van der Waals surface area contributed by atoms with Crippen molar-refractivity contribution in [1.29, 1.82) is 0 Å². The zero-order chi connectivity index (χ0) is 16.7. The molecule has 4 rings (SSSR count). The molecule has 0 unspecified atom stereocenters. The van der Waals surface area contributed by atoms with Gasteiger partial charge in [0.25, 0.3) is 5.91 Å². The highest BCUT2D eigenvalue weighted by atomic mass is 16.5. The molecule has 0 saturated carbocycles. The molecule has 1 aromatic carbocycles. The zero-order valence-corrected chi connectivity index (χ0v) is 12.5. The average molecular weight is 323 g/mol. The molecule has 7 nitrogen and oxygen atoms in total. The molecule has 0 atom stereocenters. The summed E-state index contributed by atoms with van der Waals surface area (Å²) in [5, 5.41) is 16.2. The Morgan fingerprint density at radius 1 is 1.25 bits per heavy atom. The molecule has 120 valence electrons. The minimum Gasteiger partial charge on any atom is -0.490 e. The molecule has 0 bridgehead atoms. The lowest BCUT2D eigenvalue weighted by Gasteiger charge is -2.14. The second-order valence-corrected chi connectivity index (χ2v) is 5.43. The SMILES string of the molecule is O=C(O)c1cc2c(c(-c3ccn4nccc4c3)c1)OCCNC2=O. The summed E-state index contributed by atoms with van der Waals surface area (Å²) in [4.78, 5) is 23.7. The molecule has 3 aromatic rings. The van der Waals surface area contributed by atoms with Gasteiger partial charge in [-0.05, 0) is 35.9 Å². The molecule has 2 aromatic heterocycles. The van der Waals surface area contributed by atoms with Crippen LogP contribution in [0, 0.1) is 0 Å². The molecule has 0 radical (unpaired) electrons. The second kappa shape index (κ2) is 5.38. The normalized spacial score (nSPS) is 13.8. The van der Waals surface area contributed by atoms with Gasteiger partial charge in [0.2, 0.25) is 0 Å². The van der Waals surface area contributed by atoms with Crippen molar-refractivity contribution < 1.29 is 19.4 Å². The van der Waals surface area contributed by atoms with Crippen LogP contribution in [0.25, 0.3) is 16.6 Å². The third-order valence-corrected chi connectivity index (χ3v) is 3.93. The van der Waals surface area contributed by atoms with Crippen LogP contribution >= 0.6 is 0 Å². The van der Waals surface area contributed by atoms with E-state index in [1.165, 1.54) is 12.1 Å². The van der Waals surface area contributed by atoms with Crippen molar-refractivity contribution in [1.82, 2.24) is 14.9 Å². The molecule has 0 aliphatic carbocycles. The van der Waals surface area contributed by atoms with Crippen molar-refractivity contribution in [2.45, 2.75) is 0 Å². The van der Waals surface area contributed by atoms with E-state index in [1.54, 1.807) is 16.9 Å². The Labute approximate surface area is 136 Å². The zero-order valence-electron chi connectivity index (χ0n) is 12.5. The molecule has 0 saturated heterocycles. The molecular formula is C17H13N3O4. The van der Waals surface area contributed by atoms with E-state index in [-0.39, 0.29) is 17.0 Å². The number of hydrogen-bond donors (Lipinski definition) is 2. The van der Waals surface area contributed by atoms with Crippen LogP contribution in [0.2, 0.25) is 0 Å². The van der Waals surface area contributed by atoms with Crippen molar-refractivity contribution in [2.24, 2.45) is 0 Å². The van der Waals surface area contributed by atoms with Gasteiger partial charge >= 0.3 is 5.97 Å². The first kappa shape index (κ1) is 14.3.